The maximum Gasteiger partial charge on any atom is 0.335 e. The first kappa shape index (κ1) is 15.7. The summed E-state index contributed by atoms with van der Waals surface area (Å²) in [5, 5.41) is 2.51. The number of nitrogens with zero attached hydrogens (tertiary/aromatic N) is 1. The average molecular weight is 367 g/mol. The third-order valence-corrected chi connectivity index (χ3v) is 4.46. The summed E-state index contributed by atoms with van der Waals surface area (Å²) >= 11 is 13.0. The molecule has 8 heteroatoms. The van der Waals surface area contributed by atoms with Gasteiger partial charge < -0.3 is 0 Å². The maximum absolute atomic E-state index is 12.6. The van der Waals surface area contributed by atoms with Crippen molar-refractivity contribution in [3.63, 3.8) is 0 Å². The number of thiophene rings is 1. The number of amides is 4. The Morgan fingerprint density at radius 3 is 2.52 bits per heavy atom. The van der Waals surface area contributed by atoms with Crippen molar-refractivity contribution < 1.29 is 14.4 Å². The number of rotatable bonds is 2. The normalized spacial score (nSPS) is 16.9. The van der Waals surface area contributed by atoms with Crippen molar-refractivity contribution in [1.29, 1.82) is 0 Å². The van der Waals surface area contributed by atoms with E-state index in [0.717, 1.165) is 4.90 Å². The van der Waals surface area contributed by atoms with Gasteiger partial charge in [-0.3, -0.25) is 14.9 Å². The largest absolute Gasteiger partial charge is 0.335 e. The first-order valence-corrected chi connectivity index (χ1v) is 7.95. The van der Waals surface area contributed by atoms with Gasteiger partial charge >= 0.3 is 6.03 Å². The molecule has 116 valence electrons. The van der Waals surface area contributed by atoms with Crippen molar-refractivity contribution in [2.75, 3.05) is 4.90 Å². The van der Waals surface area contributed by atoms with Gasteiger partial charge in [-0.15, -0.1) is 11.3 Å². The Bertz CT molecular complexity index is 860. The van der Waals surface area contributed by atoms with E-state index in [1.807, 2.05) is 0 Å². The number of anilines is 1. The van der Waals surface area contributed by atoms with E-state index < -0.39 is 17.8 Å². The highest BCUT2D eigenvalue weighted by molar-refractivity contribution is 7.17. The van der Waals surface area contributed by atoms with Gasteiger partial charge in [-0.2, -0.15) is 0 Å². The second-order valence-corrected chi connectivity index (χ2v) is 6.76. The molecule has 3 rings (SSSR count). The summed E-state index contributed by atoms with van der Waals surface area (Å²) < 4.78 is 0.531. The van der Waals surface area contributed by atoms with Crippen LogP contribution in [0.4, 0.5) is 10.5 Å². The number of urea groups is 1. The van der Waals surface area contributed by atoms with Crippen LogP contribution in [0.2, 0.25) is 9.36 Å². The van der Waals surface area contributed by atoms with E-state index in [-0.39, 0.29) is 11.3 Å². The van der Waals surface area contributed by atoms with Crippen molar-refractivity contribution >= 4 is 64.1 Å². The maximum atomic E-state index is 12.6. The predicted octanol–water partition coefficient (Wildman–Crippen LogP) is 3.72. The Labute approximate surface area is 145 Å². The second-order valence-electron chi connectivity index (χ2n) is 4.58. The molecule has 0 atom stereocenters. The van der Waals surface area contributed by atoms with Gasteiger partial charge in [-0.1, -0.05) is 29.3 Å². The third-order valence-electron chi connectivity index (χ3n) is 3.05. The average Bonchev–Trinajstić information content (AvgIpc) is 2.89. The lowest BCUT2D eigenvalue weighted by molar-refractivity contribution is -0.122. The number of nitrogens with one attached hydrogen (secondary N) is 1. The molecule has 4 amide bonds. The van der Waals surface area contributed by atoms with Crippen LogP contribution >= 0.6 is 34.5 Å². The minimum atomic E-state index is -0.816. The molecule has 0 unspecified atom stereocenters. The van der Waals surface area contributed by atoms with Gasteiger partial charge in [0.25, 0.3) is 11.8 Å². The number of hydrogen-bond donors (Lipinski definition) is 1. The molecule has 1 aromatic heterocycles. The zero-order chi connectivity index (χ0) is 16.6. The van der Waals surface area contributed by atoms with Gasteiger partial charge in [0, 0.05) is 9.90 Å². The van der Waals surface area contributed by atoms with E-state index in [4.69, 9.17) is 23.2 Å². The van der Waals surface area contributed by atoms with Crippen molar-refractivity contribution in [3.8, 4) is 0 Å². The van der Waals surface area contributed by atoms with Crippen LogP contribution in [0.1, 0.15) is 4.88 Å². The third kappa shape index (κ3) is 3.14. The van der Waals surface area contributed by atoms with E-state index in [0.29, 0.717) is 14.2 Å². The molecular formula is C15H8Cl2N2O3S. The lowest BCUT2D eigenvalue weighted by atomic mass is 10.1. The quantitative estimate of drug-likeness (QED) is 0.650. The molecular weight excluding hydrogens is 359 g/mol. The van der Waals surface area contributed by atoms with Crippen LogP contribution in [-0.4, -0.2) is 17.8 Å². The van der Waals surface area contributed by atoms with Gasteiger partial charge in [-0.25, -0.2) is 9.69 Å². The zero-order valence-corrected chi connectivity index (χ0v) is 13.7. The van der Waals surface area contributed by atoms with Crippen LogP contribution < -0.4 is 10.2 Å². The molecule has 1 aliphatic heterocycles. The summed E-state index contributed by atoms with van der Waals surface area (Å²) in [6, 6.07) is 8.77. The summed E-state index contributed by atoms with van der Waals surface area (Å²) in [5.41, 5.74) is 0.130. The van der Waals surface area contributed by atoms with Crippen LogP contribution in [0.15, 0.2) is 42.0 Å². The Balaban J connectivity index is 2.02. The van der Waals surface area contributed by atoms with Gasteiger partial charge in [0.15, 0.2) is 0 Å². The second kappa shape index (κ2) is 6.16. The van der Waals surface area contributed by atoms with E-state index in [2.05, 4.69) is 5.32 Å². The van der Waals surface area contributed by atoms with Crippen molar-refractivity contribution in [3.05, 3.63) is 56.2 Å². The van der Waals surface area contributed by atoms with Gasteiger partial charge in [0.05, 0.1) is 10.0 Å². The van der Waals surface area contributed by atoms with Crippen LogP contribution in [0.25, 0.3) is 6.08 Å². The summed E-state index contributed by atoms with van der Waals surface area (Å²) in [5.74, 6) is -1.46. The Morgan fingerprint density at radius 1 is 1.09 bits per heavy atom. The molecule has 2 aromatic rings. The minimum Gasteiger partial charge on any atom is -0.273 e. The Kier molecular flexibility index (Phi) is 4.21. The van der Waals surface area contributed by atoms with Crippen molar-refractivity contribution in [2.24, 2.45) is 0 Å². The molecule has 1 fully saturated rings. The van der Waals surface area contributed by atoms with Gasteiger partial charge in [-0.05, 0) is 36.4 Å². The highest BCUT2D eigenvalue weighted by Gasteiger charge is 2.36. The van der Waals surface area contributed by atoms with Crippen LogP contribution in [-0.2, 0) is 9.59 Å². The molecule has 0 radical (unpaired) electrons. The number of imide groups is 2. The molecule has 1 saturated heterocycles. The number of carbonyl (C=O) groups excluding carboxylic acids is 3. The molecule has 1 aromatic carbocycles. The Hall–Kier alpha value is -2.15. The molecule has 0 saturated carbocycles. The number of carbonyl (C=O) groups is 3. The Morgan fingerprint density at radius 2 is 1.87 bits per heavy atom. The van der Waals surface area contributed by atoms with E-state index in [1.54, 1.807) is 30.3 Å². The van der Waals surface area contributed by atoms with Gasteiger partial charge in [0.1, 0.15) is 5.57 Å². The fraction of sp³-hybridized carbons (Fsp3) is 0. The SMILES string of the molecule is O=C1NC(=O)N(c2cccc(Cl)c2)C(=O)/C1=C/c1ccc(Cl)s1. The summed E-state index contributed by atoms with van der Waals surface area (Å²) in [7, 11) is 0. The van der Waals surface area contributed by atoms with E-state index >= 15 is 0 Å². The number of barbiturate groups is 1. The number of benzene rings is 1. The van der Waals surface area contributed by atoms with Gasteiger partial charge in [0.2, 0.25) is 0 Å². The van der Waals surface area contributed by atoms with Crippen LogP contribution in [0.5, 0.6) is 0 Å². The monoisotopic (exact) mass is 366 g/mol. The van der Waals surface area contributed by atoms with Crippen molar-refractivity contribution in [2.45, 2.75) is 0 Å². The molecule has 0 bridgehead atoms. The molecule has 2 heterocycles. The molecule has 0 aliphatic carbocycles. The lowest BCUT2D eigenvalue weighted by Crippen LogP contribution is -2.54. The lowest BCUT2D eigenvalue weighted by Gasteiger charge is -2.26. The van der Waals surface area contributed by atoms with E-state index in [9.17, 15) is 14.4 Å². The van der Waals surface area contributed by atoms with E-state index in [1.165, 1.54) is 23.5 Å². The summed E-state index contributed by atoms with van der Waals surface area (Å²) in [6.45, 7) is 0. The molecule has 5 nitrogen and oxygen atoms in total. The highest BCUT2D eigenvalue weighted by Crippen LogP contribution is 2.27. The van der Waals surface area contributed by atoms with Crippen LogP contribution in [0.3, 0.4) is 0 Å². The topological polar surface area (TPSA) is 66.5 Å². The summed E-state index contributed by atoms with van der Waals surface area (Å²) in [6.07, 6.45) is 1.40. The number of halogens is 2. The predicted molar refractivity (Wildman–Crippen MR) is 89.8 cm³/mol. The van der Waals surface area contributed by atoms with Crippen LogP contribution in [0, 0.1) is 0 Å². The summed E-state index contributed by atoms with van der Waals surface area (Å²) in [4.78, 5) is 38.1. The molecule has 1 N–H and O–H groups in total. The fourth-order valence-corrected chi connectivity index (χ4v) is 3.24. The molecule has 0 spiro atoms. The fourth-order valence-electron chi connectivity index (χ4n) is 2.06. The smallest absolute Gasteiger partial charge is 0.273 e. The number of hydrogen-bond acceptors (Lipinski definition) is 4. The standard InChI is InChI=1S/C15H8Cl2N2O3S/c16-8-2-1-3-9(6-8)19-14(21)11(13(20)18-15(19)22)7-10-4-5-12(17)23-10/h1-7H,(H,18,20,22)/b11-7+. The minimum absolute atomic E-state index is 0.150. The first-order valence-electron chi connectivity index (χ1n) is 6.38. The zero-order valence-electron chi connectivity index (χ0n) is 11.4. The molecule has 23 heavy (non-hydrogen) atoms. The van der Waals surface area contributed by atoms with Crippen molar-refractivity contribution in [1.82, 2.24) is 5.32 Å². The highest BCUT2D eigenvalue weighted by atomic mass is 35.5. The molecule has 1 aliphatic rings. The first-order chi connectivity index (χ1) is 11.0.